The van der Waals surface area contributed by atoms with Gasteiger partial charge in [-0.2, -0.15) is 0 Å². The number of nitrogens with one attached hydrogen (secondary N) is 1. The lowest BCUT2D eigenvalue weighted by atomic mass is 9.94. The van der Waals surface area contributed by atoms with E-state index in [1.54, 1.807) is 0 Å². The van der Waals surface area contributed by atoms with E-state index in [0.717, 1.165) is 17.1 Å². The van der Waals surface area contributed by atoms with Gasteiger partial charge in [-0.3, -0.25) is 4.98 Å². The molecular formula is C17H21N3. The highest BCUT2D eigenvalue weighted by Crippen LogP contribution is 2.31. The minimum atomic E-state index is 0.613. The largest absolute Gasteiger partial charge is 0.380 e. The third kappa shape index (κ3) is 2.06. The van der Waals surface area contributed by atoms with Crippen LogP contribution in [0.2, 0.25) is 0 Å². The maximum Gasteiger partial charge on any atom is 0.0936 e. The van der Waals surface area contributed by atoms with Crippen molar-refractivity contribution in [1.29, 1.82) is 0 Å². The molecular weight excluding hydrogens is 246 g/mol. The SMILES string of the molecule is Cc1ccc2cccc(NC3CCN4CCC3C4)c2n1. The predicted molar refractivity (Wildman–Crippen MR) is 83.1 cm³/mol. The van der Waals surface area contributed by atoms with Crippen LogP contribution >= 0.6 is 0 Å². The topological polar surface area (TPSA) is 28.2 Å². The van der Waals surface area contributed by atoms with E-state index >= 15 is 0 Å². The second kappa shape index (κ2) is 4.74. The van der Waals surface area contributed by atoms with Crippen molar-refractivity contribution in [3.05, 3.63) is 36.0 Å². The van der Waals surface area contributed by atoms with Crippen molar-refractivity contribution >= 4 is 16.6 Å². The normalized spacial score (nSPS) is 28.8. The summed E-state index contributed by atoms with van der Waals surface area (Å²) in [7, 11) is 0. The minimum Gasteiger partial charge on any atom is -0.380 e. The fourth-order valence-corrected chi connectivity index (χ4v) is 3.70. The van der Waals surface area contributed by atoms with Gasteiger partial charge in [-0.15, -0.1) is 0 Å². The van der Waals surface area contributed by atoms with Crippen molar-refractivity contribution in [3.8, 4) is 0 Å². The fourth-order valence-electron chi connectivity index (χ4n) is 3.70. The number of hydrogen-bond donors (Lipinski definition) is 1. The van der Waals surface area contributed by atoms with Crippen LogP contribution in [0, 0.1) is 12.8 Å². The van der Waals surface area contributed by atoms with E-state index in [9.17, 15) is 0 Å². The van der Waals surface area contributed by atoms with Gasteiger partial charge in [0.15, 0.2) is 0 Å². The smallest absolute Gasteiger partial charge is 0.0936 e. The monoisotopic (exact) mass is 267 g/mol. The molecule has 3 unspecified atom stereocenters. The van der Waals surface area contributed by atoms with E-state index in [2.05, 4.69) is 47.5 Å². The molecule has 0 saturated carbocycles. The Kier molecular flexibility index (Phi) is 2.88. The van der Waals surface area contributed by atoms with Gasteiger partial charge in [-0.25, -0.2) is 0 Å². The van der Waals surface area contributed by atoms with Crippen molar-refractivity contribution in [3.63, 3.8) is 0 Å². The molecule has 2 saturated heterocycles. The first-order valence-electron chi connectivity index (χ1n) is 7.65. The Hall–Kier alpha value is -1.61. The van der Waals surface area contributed by atoms with Crippen LogP contribution in [0.15, 0.2) is 30.3 Å². The summed E-state index contributed by atoms with van der Waals surface area (Å²) in [6, 6.07) is 11.3. The first-order valence-corrected chi connectivity index (χ1v) is 7.65. The van der Waals surface area contributed by atoms with Gasteiger partial charge in [0.1, 0.15) is 0 Å². The van der Waals surface area contributed by atoms with Crippen molar-refractivity contribution in [2.75, 3.05) is 25.0 Å². The summed E-state index contributed by atoms with van der Waals surface area (Å²) in [5, 5.41) is 5.02. The molecule has 3 nitrogen and oxygen atoms in total. The molecule has 0 radical (unpaired) electrons. The maximum atomic E-state index is 4.73. The molecule has 2 aliphatic heterocycles. The van der Waals surface area contributed by atoms with Gasteiger partial charge >= 0.3 is 0 Å². The molecule has 2 fully saturated rings. The van der Waals surface area contributed by atoms with Crippen LogP contribution in [0.4, 0.5) is 5.69 Å². The summed E-state index contributed by atoms with van der Waals surface area (Å²) in [6.07, 6.45) is 2.60. The number of pyridine rings is 1. The molecule has 3 heteroatoms. The third-order valence-corrected chi connectivity index (χ3v) is 4.83. The number of benzene rings is 1. The third-order valence-electron chi connectivity index (χ3n) is 4.83. The Morgan fingerprint density at radius 1 is 1.15 bits per heavy atom. The fraction of sp³-hybridized carbons (Fsp3) is 0.471. The Labute approximate surface area is 120 Å². The molecule has 1 aromatic carbocycles. The summed E-state index contributed by atoms with van der Waals surface area (Å²) in [4.78, 5) is 7.32. The lowest BCUT2D eigenvalue weighted by Gasteiger charge is -2.31. The molecule has 1 aromatic heterocycles. The zero-order valence-electron chi connectivity index (χ0n) is 12.0. The maximum absolute atomic E-state index is 4.73. The van der Waals surface area contributed by atoms with Crippen LogP contribution in [0.25, 0.3) is 10.9 Å². The minimum absolute atomic E-state index is 0.613. The first kappa shape index (κ1) is 12.2. The predicted octanol–water partition coefficient (Wildman–Crippen LogP) is 3.05. The van der Waals surface area contributed by atoms with Gasteiger partial charge < -0.3 is 10.2 Å². The van der Waals surface area contributed by atoms with Crippen molar-refractivity contribution in [2.24, 2.45) is 5.92 Å². The molecule has 2 aliphatic rings. The molecule has 0 aliphatic carbocycles. The molecule has 3 heterocycles. The highest BCUT2D eigenvalue weighted by atomic mass is 15.2. The Bertz CT molecular complexity index is 637. The van der Waals surface area contributed by atoms with Gasteiger partial charge in [-0.05, 0) is 44.4 Å². The molecule has 1 N–H and O–H groups in total. The van der Waals surface area contributed by atoms with E-state index in [0.29, 0.717) is 6.04 Å². The Morgan fingerprint density at radius 2 is 2.05 bits per heavy atom. The zero-order valence-corrected chi connectivity index (χ0v) is 12.0. The molecule has 20 heavy (non-hydrogen) atoms. The molecule has 2 bridgehead atoms. The first-order chi connectivity index (χ1) is 9.79. The molecule has 0 spiro atoms. The summed E-state index contributed by atoms with van der Waals surface area (Å²) >= 11 is 0. The number of fused-ring (bicyclic) bond motifs is 3. The summed E-state index contributed by atoms with van der Waals surface area (Å²) < 4.78 is 0. The lowest BCUT2D eigenvalue weighted by Crippen LogP contribution is -2.39. The van der Waals surface area contributed by atoms with Gasteiger partial charge in [0.05, 0.1) is 11.2 Å². The second-order valence-corrected chi connectivity index (χ2v) is 6.22. The van der Waals surface area contributed by atoms with Crippen molar-refractivity contribution in [1.82, 2.24) is 9.88 Å². The van der Waals surface area contributed by atoms with Crippen LogP contribution in [0.3, 0.4) is 0 Å². The number of piperidine rings is 1. The second-order valence-electron chi connectivity index (χ2n) is 6.22. The number of para-hydroxylation sites is 1. The number of anilines is 1. The van der Waals surface area contributed by atoms with Crippen molar-refractivity contribution < 1.29 is 0 Å². The standard InChI is InChI=1S/C17H21N3/c1-12-5-6-13-3-2-4-16(17(13)18-12)19-15-8-10-20-9-7-14(15)11-20/h2-6,14-15,19H,7-11H2,1H3. The van der Waals surface area contributed by atoms with Crippen LogP contribution in [-0.4, -0.2) is 35.6 Å². The quantitative estimate of drug-likeness (QED) is 0.906. The summed E-state index contributed by atoms with van der Waals surface area (Å²) in [5.74, 6) is 0.809. The number of nitrogens with zero attached hydrogens (tertiary/aromatic N) is 2. The average molecular weight is 267 g/mol. The van der Waals surface area contributed by atoms with Gasteiger partial charge in [0.25, 0.3) is 0 Å². The summed E-state index contributed by atoms with van der Waals surface area (Å²) in [5.41, 5.74) is 3.41. The number of hydrogen-bond acceptors (Lipinski definition) is 3. The van der Waals surface area contributed by atoms with Crippen molar-refractivity contribution in [2.45, 2.75) is 25.8 Å². The molecule has 4 rings (SSSR count). The Balaban J connectivity index is 1.66. The van der Waals surface area contributed by atoms with Gasteiger partial charge in [0.2, 0.25) is 0 Å². The van der Waals surface area contributed by atoms with Gasteiger partial charge in [-0.1, -0.05) is 18.2 Å². The van der Waals surface area contributed by atoms with E-state index in [-0.39, 0.29) is 0 Å². The molecule has 0 amide bonds. The van der Waals surface area contributed by atoms with E-state index in [4.69, 9.17) is 4.98 Å². The molecule has 3 atom stereocenters. The van der Waals surface area contributed by atoms with Crippen LogP contribution in [0.5, 0.6) is 0 Å². The average Bonchev–Trinajstić information content (AvgIpc) is 2.85. The zero-order chi connectivity index (χ0) is 13.5. The van der Waals surface area contributed by atoms with E-state index in [1.807, 2.05) is 0 Å². The number of aromatic nitrogens is 1. The Morgan fingerprint density at radius 3 is 3.00 bits per heavy atom. The molecule has 2 aromatic rings. The summed E-state index contributed by atoms with van der Waals surface area (Å²) in [6.45, 7) is 5.86. The van der Waals surface area contributed by atoms with Crippen LogP contribution in [-0.2, 0) is 0 Å². The van der Waals surface area contributed by atoms with E-state index in [1.165, 1.54) is 43.5 Å². The lowest BCUT2D eigenvalue weighted by molar-refractivity contribution is 0.255. The highest BCUT2D eigenvalue weighted by Gasteiger charge is 2.34. The van der Waals surface area contributed by atoms with Gasteiger partial charge in [0, 0.05) is 30.2 Å². The number of rotatable bonds is 2. The van der Waals surface area contributed by atoms with Crippen LogP contribution < -0.4 is 5.32 Å². The molecule has 104 valence electrons. The van der Waals surface area contributed by atoms with Crippen LogP contribution in [0.1, 0.15) is 18.5 Å². The van der Waals surface area contributed by atoms with E-state index < -0.39 is 0 Å². The number of aryl methyl sites for hydroxylation is 1. The highest BCUT2D eigenvalue weighted by molar-refractivity contribution is 5.90.